The van der Waals surface area contributed by atoms with Gasteiger partial charge in [-0.05, 0) is 38.5 Å². The minimum absolute atomic E-state index is 0.0827. The summed E-state index contributed by atoms with van der Waals surface area (Å²) in [6.45, 7) is 4.12. The summed E-state index contributed by atoms with van der Waals surface area (Å²) in [5.74, 6) is -2.02. The van der Waals surface area contributed by atoms with Crippen molar-refractivity contribution in [1.82, 2.24) is 4.98 Å². The number of amides is 1. The third kappa shape index (κ3) is 4.60. The van der Waals surface area contributed by atoms with E-state index < -0.39 is 24.5 Å². The Hall–Kier alpha value is -3.42. The van der Waals surface area contributed by atoms with Gasteiger partial charge in [-0.25, -0.2) is 9.59 Å². The highest BCUT2D eigenvalue weighted by Crippen LogP contribution is 2.19. The number of aryl methyl sites for hydroxylation is 1. The van der Waals surface area contributed by atoms with E-state index in [2.05, 4.69) is 15.0 Å². The summed E-state index contributed by atoms with van der Waals surface area (Å²) in [6.07, 6.45) is 0. The molecule has 27 heavy (non-hydrogen) atoms. The zero-order chi connectivity index (χ0) is 20.1. The lowest BCUT2D eigenvalue weighted by Gasteiger charge is -2.07. The smallest absolute Gasteiger partial charge is 0.355 e. The van der Waals surface area contributed by atoms with E-state index in [1.54, 1.807) is 32.0 Å². The quantitative estimate of drug-likeness (QED) is 0.594. The summed E-state index contributed by atoms with van der Waals surface area (Å²) in [7, 11) is 1.25. The van der Waals surface area contributed by atoms with Crippen molar-refractivity contribution in [3.63, 3.8) is 0 Å². The lowest BCUT2D eigenvalue weighted by atomic mass is 10.1. The van der Waals surface area contributed by atoms with Crippen LogP contribution in [-0.4, -0.2) is 42.3 Å². The van der Waals surface area contributed by atoms with Crippen molar-refractivity contribution in [3.05, 3.63) is 52.3 Å². The molecule has 0 unspecified atom stereocenters. The van der Waals surface area contributed by atoms with Crippen LogP contribution in [0.2, 0.25) is 0 Å². The van der Waals surface area contributed by atoms with Gasteiger partial charge in [-0.1, -0.05) is 12.1 Å². The van der Waals surface area contributed by atoms with E-state index in [-0.39, 0.29) is 17.0 Å². The molecule has 1 amide bonds. The number of rotatable bonds is 6. The van der Waals surface area contributed by atoms with Crippen LogP contribution in [0.5, 0.6) is 0 Å². The number of carbonyl (C=O) groups excluding carboxylic acids is 4. The number of ketones is 1. The first-order valence-corrected chi connectivity index (χ1v) is 8.10. The molecule has 0 aliphatic carbocycles. The molecule has 1 aromatic carbocycles. The number of aromatic nitrogens is 1. The minimum atomic E-state index is -0.765. The first-order chi connectivity index (χ1) is 12.7. The number of H-pyrrole nitrogens is 1. The number of aromatic amines is 1. The third-order valence-electron chi connectivity index (χ3n) is 3.92. The van der Waals surface area contributed by atoms with E-state index >= 15 is 0 Å². The van der Waals surface area contributed by atoms with Crippen LogP contribution in [0, 0.1) is 13.8 Å². The molecule has 142 valence electrons. The molecule has 0 atom stereocenters. The van der Waals surface area contributed by atoms with Crippen molar-refractivity contribution in [2.45, 2.75) is 20.8 Å². The monoisotopic (exact) mass is 372 g/mol. The largest absolute Gasteiger partial charge is 0.465 e. The maximum atomic E-state index is 12.2. The lowest BCUT2D eigenvalue weighted by molar-refractivity contribution is -0.119. The summed E-state index contributed by atoms with van der Waals surface area (Å²) in [4.78, 5) is 50.1. The summed E-state index contributed by atoms with van der Waals surface area (Å²) >= 11 is 0. The number of hydrogen-bond donors (Lipinski definition) is 2. The second-order valence-electron chi connectivity index (χ2n) is 5.88. The van der Waals surface area contributed by atoms with E-state index in [9.17, 15) is 19.2 Å². The molecule has 1 heterocycles. The van der Waals surface area contributed by atoms with Gasteiger partial charge in [0.2, 0.25) is 0 Å². The Balaban J connectivity index is 2.01. The number of carbonyl (C=O) groups is 4. The fourth-order valence-electron chi connectivity index (χ4n) is 2.58. The molecular weight excluding hydrogens is 352 g/mol. The highest BCUT2D eigenvalue weighted by molar-refractivity contribution is 6.00. The molecule has 0 fully saturated rings. The predicted molar refractivity (Wildman–Crippen MR) is 97.0 cm³/mol. The number of nitrogens with one attached hydrogen (secondary N) is 2. The Kier molecular flexibility index (Phi) is 6.12. The van der Waals surface area contributed by atoms with Gasteiger partial charge < -0.3 is 19.8 Å². The minimum Gasteiger partial charge on any atom is -0.465 e. The second-order valence-corrected chi connectivity index (χ2v) is 5.88. The van der Waals surface area contributed by atoms with Crippen LogP contribution >= 0.6 is 0 Å². The van der Waals surface area contributed by atoms with Crippen molar-refractivity contribution < 1.29 is 28.7 Å². The van der Waals surface area contributed by atoms with Gasteiger partial charge >= 0.3 is 11.9 Å². The molecule has 0 aliphatic heterocycles. The molecule has 2 N–H and O–H groups in total. The first-order valence-electron chi connectivity index (χ1n) is 8.10. The van der Waals surface area contributed by atoms with Gasteiger partial charge in [0.05, 0.1) is 12.7 Å². The fraction of sp³-hybridized carbons (Fsp3) is 0.263. The Labute approximate surface area is 155 Å². The molecule has 1 aromatic heterocycles. The van der Waals surface area contributed by atoms with Gasteiger partial charge in [-0.15, -0.1) is 0 Å². The molecule has 0 bridgehead atoms. The highest BCUT2D eigenvalue weighted by Gasteiger charge is 2.23. The predicted octanol–water partition coefficient (Wildman–Crippen LogP) is 2.42. The van der Waals surface area contributed by atoms with Gasteiger partial charge in [0.1, 0.15) is 5.69 Å². The zero-order valence-corrected chi connectivity index (χ0v) is 15.5. The first kappa shape index (κ1) is 19.9. The normalized spacial score (nSPS) is 10.2. The maximum absolute atomic E-state index is 12.2. The molecule has 0 spiro atoms. The van der Waals surface area contributed by atoms with Crippen LogP contribution < -0.4 is 5.32 Å². The van der Waals surface area contributed by atoms with Crippen LogP contribution in [-0.2, 0) is 14.3 Å². The number of anilines is 1. The standard InChI is InChI=1S/C19H20N2O6/c1-10-16(18(24)26-4)11(2)20-17(10)19(25)27-9-15(23)21-14-7-5-6-13(8-14)12(3)22/h5-8,20H,9H2,1-4H3,(H,21,23). The van der Waals surface area contributed by atoms with Crippen molar-refractivity contribution in [3.8, 4) is 0 Å². The third-order valence-corrected chi connectivity index (χ3v) is 3.92. The number of ether oxygens (including phenoxy) is 2. The number of hydrogen-bond acceptors (Lipinski definition) is 6. The van der Waals surface area contributed by atoms with Crippen LogP contribution in [0.1, 0.15) is 49.4 Å². The fourth-order valence-corrected chi connectivity index (χ4v) is 2.58. The Bertz CT molecular complexity index is 913. The van der Waals surface area contributed by atoms with E-state index in [1.165, 1.54) is 20.1 Å². The highest BCUT2D eigenvalue weighted by atomic mass is 16.5. The Morgan fingerprint density at radius 1 is 1.11 bits per heavy atom. The van der Waals surface area contributed by atoms with Crippen LogP contribution in [0.25, 0.3) is 0 Å². The van der Waals surface area contributed by atoms with Crippen molar-refractivity contribution >= 4 is 29.3 Å². The molecule has 8 heteroatoms. The summed E-state index contributed by atoms with van der Waals surface area (Å²) in [6, 6.07) is 6.42. The zero-order valence-electron chi connectivity index (χ0n) is 15.5. The topological polar surface area (TPSA) is 115 Å². The lowest BCUT2D eigenvalue weighted by Crippen LogP contribution is -2.21. The Morgan fingerprint density at radius 2 is 1.81 bits per heavy atom. The second kappa shape index (κ2) is 8.31. The van der Waals surface area contributed by atoms with Gasteiger partial charge in [0.25, 0.3) is 5.91 Å². The summed E-state index contributed by atoms with van der Waals surface area (Å²) < 4.78 is 9.68. The number of Topliss-reactive ketones (excluding diaryl/α,β-unsaturated/α-hetero) is 1. The van der Waals surface area contributed by atoms with Crippen LogP contribution in [0.3, 0.4) is 0 Å². The molecule has 0 saturated carbocycles. The average molecular weight is 372 g/mol. The molecule has 2 aromatic rings. The Morgan fingerprint density at radius 3 is 2.44 bits per heavy atom. The van der Waals surface area contributed by atoms with Crippen LogP contribution in [0.4, 0.5) is 5.69 Å². The van der Waals surface area contributed by atoms with Crippen molar-refractivity contribution in [2.75, 3.05) is 19.0 Å². The van der Waals surface area contributed by atoms with Gasteiger partial charge in [0.15, 0.2) is 12.4 Å². The van der Waals surface area contributed by atoms with Gasteiger partial charge in [0, 0.05) is 16.9 Å². The van der Waals surface area contributed by atoms with Crippen molar-refractivity contribution in [2.24, 2.45) is 0 Å². The number of benzene rings is 1. The van der Waals surface area contributed by atoms with Crippen LogP contribution in [0.15, 0.2) is 24.3 Å². The average Bonchev–Trinajstić information content (AvgIpc) is 2.93. The number of methoxy groups -OCH3 is 1. The van der Waals surface area contributed by atoms with E-state index in [0.29, 0.717) is 22.5 Å². The molecule has 0 saturated heterocycles. The van der Waals surface area contributed by atoms with E-state index in [0.717, 1.165) is 0 Å². The molecule has 8 nitrogen and oxygen atoms in total. The SMILES string of the molecule is COC(=O)c1c(C)[nH]c(C(=O)OCC(=O)Nc2cccc(C(C)=O)c2)c1C. The van der Waals surface area contributed by atoms with Gasteiger partial charge in [-0.3, -0.25) is 9.59 Å². The molecule has 0 radical (unpaired) electrons. The summed E-state index contributed by atoms with van der Waals surface area (Å²) in [5.41, 5.74) is 2.08. The van der Waals surface area contributed by atoms with E-state index in [1.807, 2.05) is 0 Å². The molecule has 0 aliphatic rings. The maximum Gasteiger partial charge on any atom is 0.355 e. The van der Waals surface area contributed by atoms with Crippen molar-refractivity contribution in [1.29, 1.82) is 0 Å². The molecular formula is C19H20N2O6. The van der Waals surface area contributed by atoms with E-state index in [4.69, 9.17) is 4.74 Å². The summed E-state index contributed by atoms with van der Waals surface area (Å²) in [5, 5.41) is 2.55. The molecule has 2 rings (SSSR count). The number of esters is 2. The van der Waals surface area contributed by atoms with Gasteiger partial charge in [-0.2, -0.15) is 0 Å².